The second-order valence-electron chi connectivity index (χ2n) is 11.2. The molecule has 6 heteroatoms. The van der Waals surface area contributed by atoms with Crippen molar-refractivity contribution in [2.75, 3.05) is 6.16 Å². The van der Waals surface area contributed by atoms with Gasteiger partial charge in [0.25, 0.3) is 0 Å². The van der Waals surface area contributed by atoms with E-state index in [1.54, 1.807) is 6.92 Å². The number of benzene rings is 2. The zero-order valence-electron chi connectivity index (χ0n) is 23.1. The third-order valence-corrected chi connectivity index (χ3v) is 10.5. The molecule has 2 aliphatic rings. The van der Waals surface area contributed by atoms with E-state index in [2.05, 4.69) is 79.1 Å². The smallest absolute Gasteiger partial charge is 0.242 e. The number of allylic oxidation sites excluding steroid dienone is 1. The molecule has 1 aliphatic heterocycles. The second kappa shape index (κ2) is 11.2. The van der Waals surface area contributed by atoms with E-state index in [0.717, 1.165) is 48.4 Å². The average Bonchev–Trinajstić information content (AvgIpc) is 2.89. The van der Waals surface area contributed by atoms with Crippen LogP contribution in [-0.4, -0.2) is 29.7 Å². The maximum atomic E-state index is 10.0. The number of rotatable bonds is 6. The van der Waals surface area contributed by atoms with E-state index in [4.69, 9.17) is 15.5 Å². The van der Waals surface area contributed by atoms with Crippen LogP contribution in [-0.2, 0) is 4.74 Å². The Morgan fingerprint density at radius 1 is 1.21 bits per heavy atom. The number of nitrogens with two attached hydrogens (primary N) is 1. The summed E-state index contributed by atoms with van der Waals surface area (Å²) in [5, 5.41) is 11.2. The van der Waals surface area contributed by atoms with Gasteiger partial charge in [0.05, 0.1) is 11.5 Å². The predicted molar refractivity (Wildman–Crippen MR) is 163 cm³/mol. The molecule has 1 fully saturated rings. The fourth-order valence-electron chi connectivity index (χ4n) is 5.60. The van der Waals surface area contributed by atoms with E-state index >= 15 is 0 Å². The van der Waals surface area contributed by atoms with Crippen LogP contribution in [0.25, 0.3) is 0 Å². The first kappa shape index (κ1) is 27.7. The highest BCUT2D eigenvalue weighted by molar-refractivity contribution is 7.84. The van der Waals surface area contributed by atoms with Gasteiger partial charge in [-0.15, -0.1) is 0 Å². The highest BCUT2D eigenvalue weighted by Crippen LogP contribution is 2.48. The molecule has 0 bridgehead atoms. The Hall–Kier alpha value is -3.35. The first-order chi connectivity index (χ1) is 18.1. The lowest BCUT2D eigenvalue weighted by atomic mass is 9.79. The number of aliphatic imine (C=N–C) groups is 2. The summed E-state index contributed by atoms with van der Waals surface area (Å²) in [4.78, 5) is 9.10. The lowest BCUT2D eigenvalue weighted by Crippen LogP contribution is -2.42. The molecule has 2 aromatic rings. The molecular weight excluding hydrogens is 487 g/mol. The number of hydrogen-bond acceptors (Lipinski definition) is 5. The van der Waals surface area contributed by atoms with Gasteiger partial charge in [-0.1, -0.05) is 67.0 Å². The van der Waals surface area contributed by atoms with Crippen molar-refractivity contribution < 1.29 is 4.74 Å². The van der Waals surface area contributed by atoms with Crippen molar-refractivity contribution in [2.24, 2.45) is 21.6 Å². The number of nitriles is 1. The first-order valence-electron chi connectivity index (χ1n) is 13.3. The fourth-order valence-corrected chi connectivity index (χ4v) is 8.08. The van der Waals surface area contributed by atoms with Crippen LogP contribution in [0.5, 0.6) is 0 Å². The van der Waals surface area contributed by atoms with Crippen LogP contribution < -0.4 is 11.0 Å². The van der Waals surface area contributed by atoms with Gasteiger partial charge in [0.15, 0.2) is 0 Å². The highest BCUT2D eigenvalue weighted by atomic mass is 31.2. The molecule has 1 unspecified atom stereocenters. The Kier molecular flexibility index (Phi) is 8.14. The number of nitrogens with zero attached hydrogens (tertiary/aromatic N) is 3. The van der Waals surface area contributed by atoms with Gasteiger partial charge in [-0.25, -0.2) is 9.98 Å². The van der Waals surface area contributed by atoms with Gasteiger partial charge in [-0.05, 0) is 82.2 Å². The van der Waals surface area contributed by atoms with E-state index in [1.165, 1.54) is 17.3 Å². The lowest BCUT2D eigenvalue weighted by Gasteiger charge is -2.34. The van der Waals surface area contributed by atoms with Crippen molar-refractivity contribution in [3.8, 4) is 5.81 Å². The Labute approximate surface area is 227 Å². The molecule has 1 saturated carbocycles. The molecule has 5 nitrogen and oxygen atoms in total. The quantitative estimate of drug-likeness (QED) is 0.418. The van der Waals surface area contributed by atoms with Gasteiger partial charge in [-0.2, -0.15) is 5.26 Å². The molecule has 0 aromatic heterocycles. The third-order valence-electron chi connectivity index (χ3n) is 7.69. The Bertz CT molecular complexity index is 1380. The normalized spacial score (nSPS) is 24.9. The summed E-state index contributed by atoms with van der Waals surface area (Å²) in [5.41, 5.74) is 11.0. The molecule has 4 rings (SSSR count). The molecule has 1 atom stereocenters. The molecule has 198 valence electrons. The summed E-state index contributed by atoms with van der Waals surface area (Å²) in [5.74, 6) is 4.12. The number of ether oxygens (including phenoxy) is 1. The third kappa shape index (κ3) is 5.87. The number of aryl methyl sites for hydroxylation is 1. The van der Waals surface area contributed by atoms with E-state index in [0.29, 0.717) is 29.1 Å². The van der Waals surface area contributed by atoms with Gasteiger partial charge in [0.2, 0.25) is 5.90 Å². The molecule has 2 N–H and O–H groups in total. The van der Waals surface area contributed by atoms with Crippen molar-refractivity contribution >= 4 is 30.1 Å². The van der Waals surface area contributed by atoms with Crippen LogP contribution >= 0.6 is 6.89 Å². The van der Waals surface area contributed by atoms with Crippen LogP contribution in [0.4, 0.5) is 0 Å². The predicted octanol–water partition coefficient (Wildman–Crippen LogP) is 6.86. The van der Waals surface area contributed by atoms with Crippen molar-refractivity contribution in [1.29, 1.82) is 5.26 Å². The van der Waals surface area contributed by atoms with Crippen molar-refractivity contribution in [3.63, 3.8) is 0 Å². The monoisotopic (exact) mass is 526 g/mol. The van der Waals surface area contributed by atoms with Crippen LogP contribution in [0, 0.1) is 23.9 Å². The molecule has 0 saturated heterocycles. The topological polar surface area (TPSA) is 83.8 Å². The molecule has 1 heterocycles. The summed E-state index contributed by atoms with van der Waals surface area (Å²) < 4.78 is 6.19. The minimum Gasteiger partial charge on any atom is -0.464 e. The van der Waals surface area contributed by atoms with Gasteiger partial charge in [0.1, 0.15) is 11.3 Å². The van der Waals surface area contributed by atoms with E-state index in [1.807, 2.05) is 13.8 Å². The average molecular weight is 527 g/mol. The number of hydrogen-bond donors (Lipinski definition) is 1. The summed E-state index contributed by atoms with van der Waals surface area (Å²) >= 11 is 0. The standard InChI is InChI=1S/C32H39N4OP/c1-7-35-31-29(23(3)34)36-30(32(4,5)37-31)27-17-15-26(16-18-27)25-13-11-24(12-14-25)20-38(6,21-33)28-10-8-9-22(2)19-28/h7-10,15-19,24-25H,1,6,11-14,20,34H2,2-5H3/b29-23-,35-31?. The molecule has 2 aromatic carbocycles. The Morgan fingerprint density at radius 2 is 1.89 bits per heavy atom. The Morgan fingerprint density at radius 3 is 2.47 bits per heavy atom. The minimum atomic E-state index is -2.04. The van der Waals surface area contributed by atoms with E-state index < -0.39 is 12.5 Å². The van der Waals surface area contributed by atoms with Crippen LogP contribution in [0.1, 0.15) is 69.1 Å². The first-order valence-corrected chi connectivity index (χ1v) is 15.5. The summed E-state index contributed by atoms with van der Waals surface area (Å²) in [6.07, 6.45) is 11.4. The zero-order valence-corrected chi connectivity index (χ0v) is 24.0. The summed E-state index contributed by atoms with van der Waals surface area (Å²) in [6, 6.07) is 17.1. The SMILES string of the molecule is C=CN=C1OC(C)(C)C(c2ccc(C3CCC(CP(=C)(C#N)c4cccc(C)c4)CC3)cc2)=N/C1=C(/C)N. The lowest BCUT2D eigenvalue weighted by molar-refractivity contribution is 0.164. The van der Waals surface area contributed by atoms with Gasteiger partial charge in [0, 0.05) is 24.3 Å². The van der Waals surface area contributed by atoms with Crippen LogP contribution in [0.2, 0.25) is 0 Å². The zero-order chi connectivity index (χ0) is 27.5. The highest BCUT2D eigenvalue weighted by Gasteiger charge is 2.36. The molecule has 0 radical (unpaired) electrons. The van der Waals surface area contributed by atoms with Gasteiger partial charge < -0.3 is 10.5 Å². The van der Waals surface area contributed by atoms with Crippen LogP contribution in [0.15, 0.2) is 82.7 Å². The van der Waals surface area contributed by atoms with Crippen LogP contribution in [0.3, 0.4) is 0 Å². The van der Waals surface area contributed by atoms with Gasteiger partial charge >= 0.3 is 0 Å². The van der Waals surface area contributed by atoms with Gasteiger partial charge in [-0.3, -0.25) is 0 Å². The molecule has 1 aliphatic carbocycles. The largest absolute Gasteiger partial charge is 0.464 e. The molecular formula is C32H39N4OP. The Balaban J connectivity index is 1.46. The minimum absolute atomic E-state index is 0.398. The van der Waals surface area contributed by atoms with Crippen molar-refractivity contribution in [3.05, 3.63) is 89.4 Å². The van der Waals surface area contributed by atoms with E-state index in [9.17, 15) is 5.26 Å². The molecule has 0 spiro atoms. The summed E-state index contributed by atoms with van der Waals surface area (Å²) in [7, 11) is 0. The van der Waals surface area contributed by atoms with Crippen molar-refractivity contribution in [2.45, 2.75) is 64.9 Å². The maximum Gasteiger partial charge on any atom is 0.242 e. The molecule has 38 heavy (non-hydrogen) atoms. The molecule has 0 amide bonds. The summed E-state index contributed by atoms with van der Waals surface area (Å²) in [6.45, 7) is 9.50. The van der Waals surface area contributed by atoms with E-state index in [-0.39, 0.29) is 0 Å². The fraction of sp³-hybridized carbons (Fsp3) is 0.375. The van der Waals surface area contributed by atoms with Crippen molar-refractivity contribution in [1.82, 2.24) is 0 Å². The second-order valence-corrected chi connectivity index (χ2v) is 14.2. The maximum absolute atomic E-state index is 10.0.